The summed E-state index contributed by atoms with van der Waals surface area (Å²) < 4.78 is 5.92. The fourth-order valence-electron chi connectivity index (χ4n) is 5.31. The van der Waals surface area contributed by atoms with Crippen molar-refractivity contribution >= 4 is 33.7 Å². The van der Waals surface area contributed by atoms with Gasteiger partial charge in [-0.2, -0.15) is 0 Å². The topological polar surface area (TPSA) is 58.4 Å². The Morgan fingerprint density at radius 2 is 1.88 bits per heavy atom. The number of aryl methyl sites for hydroxylation is 2. The zero-order chi connectivity index (χ0) is 22.7. The van der Waals surface area contributed by atoms with Crippen molar-refractivity contribution in [3.8, 4) is 11.3 Å². The highest BCUT2D eigenvalue weighted by molar-refractivity contribution is 6.28. The van der Waals surface area contributed by atoms with Crippen LogP contribution in [-0.2, 0) is 0 Å². The van der Waals surface area contributed by atoms with Crippen LogP contribution in [0.1, 0.15) is 46.8 Å². The zero-order valence-electron chi connectivity index (χ0n) is 19.2. The van der Waals surface area contributed by atoms with E-state index in [0.29, 0.717) is 22.8 Å². The van der Waals surface area contributed by atoms with Crippen molar-refractivity contribution in [3.05, 3.63) is 70.8 Å². The molecule has 0 bridgehead atoms. The normalized spacial score (nSPS) is 17.4. The smallest absolute Gasteiger partial charge is 0.196 e. The minimum absolute atomic E-state index is 0.0117. The summed E-state index contributed by atoms with van der Waals surface area (Å²) in [5, 5.41) is 8.94. The number of carbonyl (C=O) groups excluding carboxylic acids is 1. The molecule has 2 heterocycles. The third kappa shape index (κ3) is 3.14. The fraction of sp³-hybridized carbons (Fsp3) is 0.286. The second-order valence-corrected chi connectivity index (χ2v) is 9.57. The van der Waals surface area contributed by atoms with Crippen LogP contribution in [0.3, 0.4) is 0 Å². The Labute approximate surface area is 193 Å². The van der Waals surface area contributed by atoms with E-state index in [1.54, 1.807) is 0 Å². The number of anilines is 3. The Morgan fingerprint density at radius 3 is 2.70 bits per heavy atom. The molecule has 0 amide bonds. The third-order valence-electron chi connectivity index (χ3n) is 7.04. The molecule has 5 nitrogen and oxygen atoms in total. The Hall–Kier alpha value is -3.60. The van der Waals surface area contributed by atoms with Gasteiger partial charge in [0.05, 0.1) is 22.3 Å². The molecule has 1 atom stereocenters. The molecule has 0 unspecified atom stereocenters. The summed E-state index contributed by atoms with van der Waals surface area (Å²) in [7, 11) is 0. The van der Waals surface area contributed by atoms with Crippen LogP contribution >= 0.6 is 0 Å². The van der Waals surface area contributed by atoms with Crippen LogP contribution < -0.4 is 10.2 Å². The first-order chi connectivity index (χ1) is 16.0. The lowest BCUT2D eigenvalue weighted by Gasteiger charge is -2.33. The molecule has 0 saturated carbocycles. The number of hydrogen-bond acceptors (Lipinski definition) is 5. The molecular weight excluding hydrogens is 410 g/mol. The summed E-state index contributed by atoms with van der Waals surface area (Å²) in [5.41, 5.74) is 8.07. The van der Waals surface area contributed by atoms with Gasteiger partial charge in [0, 0.05) is 29.9 Å². The highest BCUT2D eigenvalue weighted by atomic mass is 16.5. The minimum atomic E-state index is 0.0117. The molecule has 0 spiro atoms. The Morgan fingerprint density at radius 1 is 1.06 bits per heavy atom. The highest BCUT2D eigenvalue weighted by Gasteiger charge is 2.34. The first kappa shape index (κ1) is 20.0. The van der Waals surface area contributed by atoms with Crippen molar-refractivity contribution in [1.29, 1.82) is 0 Å². The van der Waals surface area contributed by atoms with Gasteiger partial charge >= 0.3 is 0 Å². The molecule has 5 heteroatoms. The van der Waals surface area contributed by atoms with Crippen molar-refractivity contribution in [2.75, 3.05) is 23.3 Å². The van der Waals surface area contributed by atoms with Gasteiger partial charge in [-0.3, -0.25) is 4.79 Å². The predicted molar refractivity (Wildman–Crippen MR) is 133 cm³/mol. The van der Waals surface area contributed by atoms with Crippen LogP contribution in [0, 0.1) is 19.8 Å². The number of hydrogen-bond donors (Lipinski definition) is 1. The first-order valence-corrected chi connectivity index (χ1v) is 11.7. The molecule has 1 N–H and O–H groups in total. The van der Waals surface area contributed by atoms with Gasteiger partial charge in [-0.15, -0.1) is 0 Å². The molecule has 1 aliphatic heterocycles. The van der Waals surface area contributed by atoms with Crippen molar-refractivity contribution in [2.45, 2.75) is 33.6 Å². The van der Waals surface area contributed by atoms with E-state index in [2.05, 4.69) is 60.4 Å². The molecule has 1 aliphatic carbocycles. The highest BCUT2D eigenvalue weighted by Crippen LogP contribution is 2.47. The van der Waals surface area contributed by atoms with Gasteiger partial charge in [0.15, 0.2) is 11.5 Å². The summed E-state index contributed by atoms with van der Waals surface area (Å²) in [5.74, 6) is 1.31. The number of rotatable bonds is 3. The number of nitrogens with one attached hydrogen (secondary N) is 1. The van der Waals surface area contributed by atoms with Gasteiger partial charge in [0.2, 0.25) is 0 Å². The molecule has 166 valence electrons. The van der Waals surface area contributed by atoms with Crippen molar-refractivity contribution in [1.82, 2.24) is 5.16 Å². The summed E-state index contributed by atoms with van der Waals surface area (Å²) in [6.45, 7) is 8.42. The summed E-state index contributed by atoms with van der Waals surface area (Å²) in [6, 6.07) is 16.1. The molecule has 1 fully saturated rings. The van der Waals surface area contributed by atoms with Gasteiger partial charge in [-0.05, 0) is 55.9 Å². The molecule has 1 aromatic heterocycles. The monoisotopic (exact) mass is 437 g/mol. The number of piperidine rings is 1. The van der Waals surface area contributed by atoms with Crippen LogP contribution in [-0.4, -0.2) is 24.0 Å². The van der Waals surface area contributed by atoms with Crippen LogP contribution in [0.25, 0.3) is 22.2 Å². The number of nitrogens with zero attached hydrogens (tertiary/aromatic N) is 2. The Bertz CT molecular complexity index is 1420. The minimum Gasteiger partial charge on any atom is -0.369 e. The molecule has 3 aromatic carbocycles. The summed E-state index contributed by atoms with van der Waals surface area (Å²) in [4.78, 5) is 16.2. The number of ketones is 1. The largest absolute Gasteiger partial charge is 0.369 e. The maximum atomic E-state index is 13.8. The maximum Gasteiger partial charge on any atom is 0.196 e. The standard InChI is InChI=1S/C28H27N3O2/c1-16-10-11-18(3)21(13-16)29-22-14-23(31-12-6-7-17(2)15-31)26-25-24(22)27(32)19-8-4-5-9-20(19)28(25)33-30-26/h4-5,8-11,13-14,17,29H,6-7,12,15H2,1-3H3/t17-/m0/s1. The van der Waals surface area contributed by atoms with E-state index in [4.69, 9.17) is 4.52 Å². The van der Waals surface area contributed by atoms with Gasteiger partial charge in [-0.1, -0.05) is 48.5 Å². The van der Waals surface area contributed by atoms with E-state index in [0.717, 1.165) is 58.6 Å². The third-order valence-corrected chi connectivity index (χ3v) is 7.04. The van der Waals surface area contributed by atoms with E-state index in [1.165, 1.54) is 12.0 Å². The van der Waals surface area contributed by atoms with Crippen molar-refractivity contribution in [3.63, 3.8) is 0 Å². The number of fused-ring (bicyclic) bond motifs is 2. The maximum absolute atomic E-state index is 13.8. The van der Waals surface area contributed by atoms with Gasteiger partial charge in [0.25, 0.3) is 0 Å². The molecular formula is C28H27N3O2. The van der Waals surface area contributed by atoms with E-state index < -0.39 is 0 Å². The van der Waals surface area contributed by atoms with Crippen molar-refractivity contribution in [2.24, 2.45) is 5.92 Å². The molecule has 2 aliphatic rings. The molecule has 4 aromatic rings. The molecule has 6 rings (SSSR count). The second-order valence-electron chi connectivity index (χ2n) is 9.57. The van der Waals surface area contributed by atoms with Crippen LogP contribution in [0.15, 0.2) is 53.1 Å². The van der Waals surface area contributed by atoms with E-state index in [9.17, 15) is 4.79 Å². The number of carbonyl (C=O) groups is 1. The molecule has 33 heavy (non-hydrogen) atoms. The van der Waals surface area contributed by atoms with E-state index >= 15 is 0 Å². The van der Waals surface area contributed by atoms with Gasteiger partial charge < -0.3 is 14.7 Å². The van der Waals surface area contributed by atoms with E-state index in [1.807, 2.05) is 24.3 Å². The lowest BCUT2D eigenvalue weighted by atomic mass is 9.86. The predicted octanol–water partition coefficient (Wildman–Crippen LogP) is 6.64. The number of benzene rings is 3. The average molecular weight is 438 g/mol. The number of aromatic nitrogens is 1. The summed E-state index contributed by atoms with van der Waals surface area (Å²) >= 11 is 0. The lowest BCUT2D eigenvalue weighted by molar-refractivity contribution is 0.104. The average Bonchev–Trinajstić information content (AvgIpc) is 3.25. The van der Waals surface area contributed by atoms with Crippen LogP contribution in [0.4, 0.5) is 17.1 Å². The first-order valence-electron chi connectivity index (χ1n) is 11.7. The zero-order valence-corrected chi connectivity index (χ0v) is 19.2. The fourth-order valence-corrected chi connectivity index (χ4v) is 5.31. The second kappa shape index (κ2) is 7.48. The van der Waals surface area contributed by atoms with Gasteiger partial charge in [-0.25, -0.2) is 0 Å². The Kier molecular flexibility index (Phi) is 4.54. The Balaban J connectivity index is 1.62. The van der Waals surface area contributed by atoms with E-state index in [-0.39, 0.29) is 5.78 Å². The SMILES string of the molecule is Cc1ccc(C)c(Nc2cc(N3CCC[C@H](C)C3)c3noc4c3c2C(=O)c2ccccc2-4)c1. The summed E-state index contributed by atoms with van der Waals surface area (Å²) in [6.07, 6.45) is 2.39. The quantitative estimate of drug-likeness (QED) is 0.343. The molecule has 0 radical (unpaired) electrons. The van der Waals surface area contributed by atoms with Crippen LogP contribution in [0.5, 0.6) is 0 Å². The molecule has 1 saturated heterocycles. The van der Waals surface area contributed by atoms with Crippen LogP contribution in [0.2, 0.25) is 0 Å². The lowest BCUT2D eigenvalue weighted by Crippen LogP contribution is -2.34. The van der Waals surface area contributed by atoms with Gasteiger partial charge in [0.1, 0.15) is 5.52 Å². The van der Waals surface area contributed by atoms with Crippen molar-refractivity contribution < 1.29 is 9.32 Å².